The Kier molecular flexibility index (Phi) is 4.29. The van der Waals surface area contributed by atoms with Crippen LogP contribution in [0.4, 0.5) is 26.3 Å². The first kappa shape index (κ1) is 19.5. The Hall–Kier alpha value is -2.78. The predicted octanol–water partition coefficient (Wildman–Crippen LogP) is 4.60. The number of alkyl halides is 5. The average molecular weight is 416 g/mol. The third-order valence-corrected chi connectivity index (χ3v) is 5.25. The van der Waals surface area contributed by atoms with Gasteiger partial charge >= 0.3 is 12.8 Å². The van der Waals surface area contributed by atoms with Crippen molar-refractivity contribution in [2.24, 2.45) is 4.99 Å². The molecule has 1 atom stereocenters. The normalized spacial score (nSPS) is 23.7. The first-order valence-corrected chi connectivity index (χ1v) is 8.67. The number of amidine groups is 1. The lowest BCUT2D eigenvalue weighted by molar-refractivity contribution is -0.0981. The van der Waals surface area contributed by atoms with Gasteiger partial charge in [-0.15, -0.1) is 0 Å². The van der Waals surface area contributed by atoms with Gasteiger partial charge in [-0.2, -0.15) is 22.0 Å². The van der Waals surface area contributed by atoms with E-state index in [2.05, 4.69) is 9.73 Å². The maximum atomic E-state index is 14.6. The number of Topliss-reactive ketones (excluding diaryl/α,β-unsaturated/α-hetero) is 1. The van der Waals surface area contributed by atoms with Gasteiger partial charge in [0.15, 0.2) is 17.4 Å². The summed E-state index contributed by atoms with van der Waals surface area (Å²) in [4.78, 5) is 17.8. The highest BCUT2D eigenvalue weighted by Gasteiger charge is 2.49. The standard InChI is InChI=1S/C19H14F6N2O2/c1-9-2-3-11-14(15(9)20)12(28)4-5-18(11)8-27-7-10(19(23,24)25)6-13(16(27)26-18)29-17(21)22/h2-3,6-7,17H,4-5,8H2,1H3. The van der Waals surface area contributed by atoms with Crippen LogP contribution in [0.1, 0.15) is 34.3 Å². The number of benzene rings is 1. The summed E-state index contributed by atoms with van der Waals surface area (Å²) in [5, 5.41) is 0. The third kappa shape index (κ3) is 3.10. The Morgan fingerprint density at radius 3 is 2.66 bits per heavy atom. The van der Waals surface area contributed by atoms with E-state index in [4.69, 9.17) is 0 Å². The largest absolute Gasteiger partial charge is 0.431 e. The average Bonchev–Trinajstić information content (AvgIpc) is 2.99. The molecule has 1 unspecified atom stereocenters. The Morgan fingerprint density at radius 2 is 2.00 bits per heavy atom. The Bertz CT molecular complexity index is 995. The van der Waals surface area contributed by atoms with Gasteiger partial charge in [0.05, 0.1) is 17.7 Å². The van der Waals surface area contributed by atoms with E-state index in [9.17, 15) is 31.1 Å². The lowest BCUT2D eigenvalue weighted by atomic mass is 9.75. The molecule has 4 rings (SSSR count). The molecule has 1 aromatic rings. The van der Waals surface area contributed by atoms with Gasteiger partial charge in [-0.05, 0) is 30.5 Å². The van der Waals surface area contributed by atoms with Gasteiger partial charge in [0.25, 0.3) is 0 Å². The second-order valence-corrected chi connectivity index (χ2v) is 7.11. The quantitative estimate of drug-likeness (QED) is 0.662. The van der Waals surface area contributed by atoms with E-state index in [1.807, 2.05) is 0 Å². The van der Waals surface area contributed by atoms with Gasteiger partial charge in [0, 0.05) is 12.6 Å². The van der Waals surface area contributed by atoms with Crippen molar-refractivity contribution >= 4 is 11.6 Å². The number of ether oxygens (including phenoxy) is 1. The summed E-state index contributed by atoms with van der Waals surface area (Å²) in [5.41, 5.74) is -2.09. The van der Waals surface area contributed by atoms with Gasteiger partial charge in [-0.25, -0.2) is 4.39 Å². The van der Waals surface area contributed by atoms with Crippen LogP contribution in [0.5, 0.6) is 0 Å². The molecule has 0 N–H and O–H groups in total. The molecule has 4 nitrogen and oxygen atoms in total. The summed E-state index contributed by atoms with van der Waals surface area (Å²) >= 11 is 0. The number of hydrogen-bond donors (Lipinski definition) is 0. The lowest BCUT2D eigenvalue weighted by Gasteiger charge is -2.33. The maximum absolute atomic E-state index is 14.6. The number of nitrogens with zero attached hydrogens (tertiary/aromatic N) is 2. The lowest BCUT2D eigenvalue weighted by Crippen LogP contribution is -2.38. The van der Waals surface area contributed by atoms with Crippen LogP contribution in [-0.4, -0.2) is 35.9 Å². The molecule has 0 radical (unpaired) electrons. The number of halogens is 6. The van der Waals surface area contributed by atoms with E-state index in [0.717, 1.165) is 11.1 Å². The van der Waals surface area contributed by atoms with E-state index in [-0.39, 0.29) is 41.9 Å². The molecule has 3 aliphatic rings. The molecule has 2 heterocycles. The van der Waals surface area contributed by atoms with Crippen LogP contribution in [-0.2, 0) is 10.3 Å². The van der Waals surface area contributed by atoms with Crippen LogP contribution >= 0.6 is 0 Å². The monoisotopic (exact) mass is 416 g/mol. The smallest absolute Gasteiger partial charge is 0.417 e. The fourth-order valence-electron chi connectivity index (χ4n) is 3.91. The Morgan fingerprint density at radius 1 is 1.28 bits per heavy atom. The highest BCUT2D eigenvalue weighted by Crippen LogP contribution is 2.46. The summed E-state index contributed by atoms with van der Waals surface area (Å²) < 4.78 is 84.1. The van der Waals surface area contributed by atoms with Crippen molar-refractivity contribution in [1.82, 2.24) is 4.90 Å². The summed E-state index contributed by atoms with van der Waals surface area (Å²) in [6, 6.07) is 2.97. The van der Waals surface area contributed by atoms with Gasteiger partial charge in [-0.1, -0.05) is 12.1 Å². The number of hydrogen-bond acceptors (Lipinski definition) is 4. The molecule has 1 spiro atoms. The first-order valence-electron chi connectivity index (χ1n) is 8.67. The number of carbonyl (C=O) groups is 1. The van der Waals surface area contributed by atoms with Crippen molar-refractivity contribution in [2.75, 3.05) is 6.54 Å². The van der Waals surface area contributed by atoms with Crippen LogP contribution in [0.25, 0.3) is 0 Å². The van der Waals surface area contributed by atoms with Crippen LogP contribution in [0, 0.1) is 12.7 Å². The molecule has 0 saturated carbocycles. The number of ketones is 1. The first-order chi connectivity index (χ1) is 13.5. The van der Waals surface area contributed by atoms with E-state index in [0.29, 0.717) is 6.08 Å². The highest BCUT2D eigenvalue weighted by molar-refractivity contribution is 6.03. The predicted molar refractivity (Wildman–Crippen MR) is 89.8 cm³/mol. The molecule has 0 amide bonds. The molecule has 154 valence electrons. The number of allylic oxidation sites excluding steroid dienone is 2. The fraction of sp³-hybridized carbons (Fsp3) is 0.368. The summed E-state index contributed by atoms with van der Waals surface area (Å²) in [6.07, 6.45) is -3.53. The molecule has 0 saturated heterocycles. The van der Waals surface area contributed by atoms with E-state index < -0.39 is 41.3 Å². The molecule has 0 fully saturated rings. The van der Waals surface area contributed by atoms with Crippen molar-refractivity contribution in [2.45, 2.75) is 38.1 Å². The fourth-order valence-corrected chi connectivity index (χ4v) is 3.91. The molecule has 0 aromatic heterocycles. The zero-order valence-corrected chi connectivity index (χ0v) is 15.0. The van der Waals surface area contributed by atoms with Crippen molar-refractivity contribution in [3.8, 4) is 0 Å². The summed E-state index contributed by atoms with van der Waals surface area (Å²) in [7, 11) is 0. The van der Waals surface area contributed by atoms with Crippen LogP contribution in [0.2, 0.25) is 0 Å². The van der Waals surface area contributed by atoms with Gasteiger partial charge in [0.2, 0.25) is 0 Å². The SMILES string of the molecule is Cc1ccc2c(c1F)C(=O)CCC21CN2C=C(C(F)(F)F)C=C(OC(F)F)C2=N1. The van der Waals surface area contributed by atoms with Gasteiger partial charge in [-0.3, -0.25) is 9.79 Å². The van der Waals surface area contributed by atoms with E-state index >= 15 is 0 Å². The van der Waals surface area contributed by atoms with E-state index in [1.165, 1.54) is 19.1 Å². The minimum Gasteiger partial charge on any atom is -0.431 e. The Balaban J connectivity index is 1.85. The minimum atomic E-state index is -4.79. The Labute approximate surface area is 161 Å². The zero-order chi connectivity index (χ0) is 21.1. The van der Waals surface area contributed by atoms with Crippen molar-refractivity contribution in [3.05, 3.63) is 58.2 Å². The number of carbonyl (C=O) groups excluding carboxylic acids is 1. The molecule has 2 aliphatic heterocycles. The van der Waals surface area contributed by atoms with Crippen LogP contribution < -0.4 is 0 Å². The molecular formula is C19H14F6N2O2. The number of aryl methyl sites for hydroxylation is 1. The van der Waals surface area contributed by atoms with E-state index in [1.54, 1.807) is 0 Å². The molecule has 0 bridgehead atoms. The van der Waals surface area contributed by atoms with Gasteiger partial charge in [0.1, 0.15) is 11.4 Å². The maximum Gasteiger partial charge on any atom is 0.417 e. The number of fused-ring (bicyclic) bond motifs is 3. The van der Waals surface area contributed by atoms with Crippen molar-refractivity contribution in [3.63, 3.8) is 0 Å². The molecule has 1 aromatic carbocycles. The number of aliphatic imine (C=N–C) groups is 1. The minimum absolute atomic E-state index is 0.0669. The second kappa shape index (κ2) is 6.36. The number of rotatable bonds is 2. The third-order valence-electron chi connectivity index (χ3n) is 5.25. The molecule has 1 aliphatic carbocycles. The molecule has 10 heteroatoms. The summed E-state index contributed by atoms with van der Waals surface area (Å²) in [5.74, 6) is -2.07. The molecule has 29 heavy (non-hydrogen) atoms. The van der Waals surface area contributed by atoms with Crippen LogP contribution in [0.3, 0.4) is 0 Å². The van der Waals surface area contributed by atoms with Crippen molar-refractivity contribution < 1.29 is 35.9 Å². The second-order valence-electron chi connectivity index (χ2n) is 7.11. The van der Waals surface area contributed by atoms with Crippen LogP contribution in [0.15, 0.2) is 40.7 Å². The zero-order valence-electron chi connectivity index (χ0n) is 15.0. The van der Waals surface area contributed by atoms with Crippen molar-refractivity contribution in [1.29, 1.82) is 0 Å². The van der Waals surface area contributed by atoms with Gasteiger partial charge < -0.3 is 9.64 Å². The molecular weight excluding hydrogens is 402 g/mol. The topological polar surface area (TPSA) is 41.9 Å². The highest BCUT2D eigenvalue weighted by atomic mass is 19.4. The summed E-state index contributed by atoms with van der Waals surface area (Å²) in [6.45, 7) is -2.02.